The van der Waals surface area contributed by atoms with Crippen molar-refractivity contribution in [1.29, 1.82) is 0 Å². The topological polar surface area (TPSA) is 59.8 Å². The van der Waals surface area contributed by atoms with Crippen molar-refractivity contribution in [2.24, 2.45) is 0 Å². The largest absolute Gasteiger partial charge is 0.325 e. The Morgan fingerprint density at radius 3 is 2.47 bits per heavy atom. The van der Waals surface area contributed by atoms with E-state index in [2.05, 4.69) is 15.4 Å². The van der Waals surface area contributed by atoms with Gasteiger partial charge in [0, 0.05) is 16.3 Å². The molecule has 0 spiro atoms. The summed E-state index contributed by atoms with van der Waals surface area (Å²) in [4.78, 5) is 17.1. The van der Waals surface area contributed by atoms with E-state index >= 15 is 0 Å². The molecular weight excluding hydrogens is 416 g/mol. The summed E-state index contributed by atoms with van der Waals surface area (Å²) in [6.45, 7) is 1.92. The first kappa shape index (κ1) is 20.2. The second-order valence-electron chi connectivity index (χ2n) is 6.63. The smallest absolute Gasteiger partial charge is 0.234 e. The van der Waals surface area contributed by atoms with Crippen LogP contribution in [-0.2, 0) is 4.79 Å². The zero-order valence-electron chi connectivity index (χ0n) is 16.2. The second kappa shape index (κ2) is 9.15. The molecule has 150 valence electrons. The van der Waals surface area contributed by atoms with Crippen LogP contribution in [0.5, 0.6) is 0 Å². The van der Waals surface area contributed by atoms with Crippen LogP contribution in [0.4, 0.5) is 5.69 Å². The zero-order valence-corrected chi connectivity index (χ0v) is 17.8. The summed E-state index contributed by atoms with van der Waals surface area (Å²) in [5.41, 5.74) is 3.53. The number of halogens is 1. The van der Waals surface area contributed by atoms with Crippen molar-refractivity contribution in [2.45, 2.75) is 12.1 Å². The number of rotatable bonds is 6. The van der Waals surface area contributed by atoms with Gasteiger partial charge in [-0.1, -0.05) is 78.0 Å². The van der Waals surface area contributed by atoms with Gasteiger partial charge in [-0.25, -0.2) is 9.67 Å². The Morgan fingerprint density at radius 2 is 1.73 bits per heavy atom. The van der Waals surface area contributed by atoms with E-state index in [0.29, 0.717) is 15.9 Å². The lowest BCUT2D eigenvalue weighted by molar-refractivity contribution is -0.113. The summed E-state index contributed by atoms with van der Waals surface area (Å²) in [7, 11) is 0. The van der Waals surface area contributed by atoms with Gasteiger partial charge in [-0.15, -0.1) is 5.10 Å². The third-order valence-corrected chi connectivity index (χ3v) is 5.50. The average molecular weight is 435 g/mol. The molecule has 0 aliphatic rings. The molecule has 5 nitrogen and oxygen atoms in total. The molecule has 0 fully saturated rings. The van der Waals surface area contributed by atoms with Crippen molar-refractivity contribution in [3.05, 3.63) is 89.4 Å². The van der Waals surface area contributed by atoms with E-state index < -0.39 is 0 Å². The fraction of sp³-hybridized carbons (Fsp3) is 0.0870. The number of benzene rings is 3. The number of hydrogen-bond acceptors (Lipinski definition) is 4. The van der Waals surface area contributed by atoms with Gasteiger partial charge in [-0.2, -0.15) is 0 Å². The first-order valence-electron chi connectivity index (χ1n) is 9.37. The number of amides is 1. The molecule has 4 aromatic rings. The monoisotopic (exact) mass is 434 g/mol. The summed E-state index contributed by atoms with van der Waals surface area (Å²) >= 11 is 7.32. The summed E-state index contributed by atoms with van der Waals surface area (Å²) < 4.78 is 1.80. The molecule has 0 aliphatic carbocycles. The van der Waals surface area contributed by atoms with E-state index in [0.717, 1.165) is 22.6 Å². The maximum absolute atomic E-state index is 12.4. The second-order valence-corrected chi connectivity index (χ2v) is 8.01. The molecule has 1 heterocycles. The summed E-state index contributed by atoms with van der Waals surface area (Å²) in [5.74, 6) is 0.789. The molecule has 0 saturated heterocycles. The first-order valence-corrected chi connectivity index (χ1v) is 10.7. The maximum Gasteiger partial charge on any atom is 0.234 e. The third kappa shape index (κ3) is 4.72. The Hall–Kier alpha value is -3.09. The minimum Gasteiger partial charge on any atom is -0.325 e. The van der Waals surface area contributed by atoms with Gasteiger partial charge in [0.2, 0.25) is 11.1 Å². The van der Waals surface area contributed by atoms with Gasteiger partial charge in [0.1, 0.15) is 0 Å². The highest BCUT2D eigenvalue weighted by atomic mass is 35.5. The van der Waals surface area contributed by atoms with Gasteiger partial charge >= 0.3 is 0 Å². The summed E-state index contributed by atoms with van der Waals surface area (Å²) in [6.07, 6.45) is 0. The molecule has 1 amide bonds. The van der Waals surface area contributed by atoms with Gasteiger partial charge < -0.3 is 5.32 Å². The van der Waals surface area contributed by atoms with Crippen molar-refractivity contribution < 1.29 is 4.79 Å². The van der Waals surface area contributed by atoms with Crippen LogP contribution in [0.25, 0.3) is 17.1 Å². The first-order chi connectivity index (χ1) is 14.6. The van der Waals surface area contributed by atoms with E-state index in [1.54, 1.807) is 16.8 Å². The van der Waals surface area contributed by atoms with Crippen LogP contribution < -0.4 is 5.32 Å². The summed E-state index contributed by atoms with van der Waals surface area (Å²) in [6, 6.07) is 25.1. The number of aromatic nitrogens is 3. The van der Waals surface area contributed by atoms with Gasteiger partial charge in [-0.05, 0) is 36.8 Å². The number of aryl methyl sites for hydroxylation is 1. The number of anilines is 1. The lowest BCUT2D eigenvalue weighted by Gasteiger charge is -2.08. The number of hydrogen-bond donors (Lipinski definition) is 1. The molecule has 3 aromatic carbocycles. The van der Waals surface area contributed by atoms with Gasteiger partial charge in [0.15, 0.2) is 5.82 Å². The highest BCUT2D eigenvalue weighted by molar-refractivity contribution is 7.99. The lowest BCUT2D eigenvalue weighted by atomic mass is 10.2. The van der Waals surface area contributed by atoms with E-state index in [4.69, 9.17) is 11.6 Å². The van der Waals surface area contributed by atoms with Crippen molar-refractivity contribution >= 4 is 35.0 Å². The van der Waals surface area contributed by atoms with Gasteiger partial charge in [-0.3, -0.25) is 4.79 Å². The minimum absolute atomic E-state index is 0.136. The standard InChI is InChI=1S/C23H19ClN4OS/c1-16-12-13-18(24)14-20(16)25-21(29)15-30-23-26-22(17-8-4-2-5-9-17)28(27-23)19-10-6-3-7-11-19/h2-14H,15H2,1H3,(H,25,29). The van der Waals surface area contributed by atoms with Crippen LogP contribution in [-0.4, -0.2) is 26.4 Å². The quantitative estimate of drug-likeness (QED) is 0.400. The third-order valence-electron chi connectivity index (χ3n) is 4.43. The number of carbonyl (C=O) groups excluding carboxylic acids is 1. The number of thioether (sulfide) groups is 1. The minimum atomic E-state index is -0.136. The van der Waals surface area contributed by atoms with Crippen LogP contribution in [0.15, 0.2) is 84.0 Å². The Kier molecular flexibility index (Phi) is 6.16. The molecule has 7 heteroatoms. The fourth-order valence-corrected chi connectivity index (χ4v) is 3.72. The Balaban J connectivity index is 1.54. The van der Waals surface area contributed by atoms with Crippen LogP contribution in [0.2, 0.25) is 5.02 Å². The molecule has 1 aromatic heterocycles. The maximum atomic E-state index is 12.4. The predicted molar refractivity (Wildman–Crippen MR) is 122 cm³/mol. The van der Waals surface area contributed by atoms with Crippen LogP contribution in [0.1, 0.15) is 5.56 Å². The fourth-order valence-electron chi connectivity index (χ4n) is 2.92. The van der Waals surface area contributed by atoms with Crippen molar-refractivity contribution in [3.8, 4) is 17.1 Å². The lowest BCUT2D eigenvalue weighted by Crippen LogP contribution is -2.15. The number of nitrogens with one attached hydrogen (secondary N) is 1. The van der Waals surface area contributed by atoms with E-state index in [1.807, 2.05) is 73.7 Å². The van der Waals surface area contributed by atoms with E-state index in [1.165, 1.54) is 11.8 Å². The van der Waals surface area contributed by atoms with Gasteiger partial charge in [0.25, 0.3) is 0 Å². The summed E-state index contributed by atoms with van der Waals surface area (Å²) in [5, 5.41) is 8.65. The SMILES string of the molecule is Cc1ccc(Cl)cc1NC(=O)CSc1nc(-c2ccccc2)n(-c2ccccc2)n1. The highest BCUT2D eigenvalue weighted by Crippen LogP contribution is 2.25. The van der Waals surface area contributed by atoms with Crippen molar-refractivity contribution in [3.63, 3.8) is 0 Å². The Bertz CT molecular complexity index is 1110. The number of carbonyl (C=O) groups is 1. The molecule has 1 N–H and O–H groups in total. The molecule has 0 saturated carbocycles. The molecule has 30 heavy (non-hydrogen) atoms. The molecule has 0 bridgehead atoms. The van der Waals surface area contributed by atoms with Crippen LogP contribution in [0.3, 0.4) is 0 Å². The molecule has 4 rings (SSSR count). The molecular formula is C23H19ClN4OS. The molecule has 0 radical (unpaired) electrons. The van der Waals surface area contributed by atoms with Crippen LogP contribution in [0, 0.1) is 6.92 Å². The van der Waals surface area contributed by atoms with Crippen molar-refractivity contribution in [2.75, 3.05) is 11.1 Å². The van der Waals surface area contributed by atoms with E-state index in [-0.39, 0.29) is 11.7 Å². The Labute approximate surface area is 184 Å². The predicted octanol–water partition coefficient (Wildman–Crippen LogP) is 5.63. The molecule has 0 atom stereocenters. The highest BCUT2D eigenvalue weighted by Gasteiger charge is 2.15. The molecule has 0 aliphatic heterocycles. The number of nitrogens with zero attached hydrogens (tertiary/aromatic N) is 3. The van der Waals surface area contributed by atoms with Crippen molar-refractivity contribution in [1.82, 2.24) is 14.8 Å². The van der Waals surface area contributed by atoms with E-state index in [9.17, 15) is 4.79 Å². The molecule has 0 unspecified atom stereocenters. The zero-order chi connectivity index (χ0) is 20.9. The normalized spacial score (nSPS) is 10.7. The van der Waals surface area contributed by atoms with Crippen LogP contribution >= 0.6 is 23.4 Å². The van der Waals surface area contributed by atoms with Gasteiger partial charge in [0.05, 0.1) is 11.4 Å². The average Bonchev–Trinajstić information content (AvgIpc) is 3.20. The Morgan fingerprint density at radius 1 is 1.03 bits per heavy atom. The number of para-hydroxylation sites is 1.